The van der Waals surface area contributed by atoms with Crippen molar-refractivity contribution >= 4 is 32.8 Å². The van der Waals surface area contributed by atoms with Crippen LogP contribution in [0.5, 0.6) is 0 Å². The molecule has 5 nitrogen and oxygen atoms in total. The third-order valence-corrected chi connectivity index (χ3v) is 5.12. The monoisotopic (exact) mass is 423 g/mol. The molecule has 0 saturated carbocycles. The van der Waals surface area contributed by atoms with E-state index in [1.54, 1.807) is 6.20 Å². The molecule has 0 bridgehead atoms. The van der Waals surface area contributed by atoms with Gasteiger partial charge in [0, 0.05) is 34.9 Å². The summed E-state index contributed by atoms with van der Waals surface area (Å²) in [5, 5.41) is 4.00. The number of hydrogen-bond acceptors (Lipinski definition) is 3. The Morgan fingerprint density at radius 1 is 1.22 bits per heavy atom. The molecule has 4 aromatic rings. The maximum absolute atomic E-state index is 13.1. The topological polar surface area (TPSA) is 60.1 Å². The number of rotatable bonds is 4. The molecule has 2 heterocycles. The molecule has 6 heteroatoms. The van der Waals surface area contributed by atoms with Crippen LogP contribution in [0.4, 0.5) is 0 Å². The second-order valence-corrected chi connectivity index (χ2v) is 7.33. The lowest BCUT2D eigenvalue weighted by atomic mass is 10.1. The van der Waals surface area contributed by atoms with E-state index in [2.05, 4.69) is 26.2 Å². The summed E-state index contributed by atoms with van der Waals surface area (Å²) < 4.78 is 8.69. The van der Waals surface area contributed by atoms with Crippen molar-refractivity contribution in [2.24, 2.45) is 7.05 Å². The minimum absolute atomic E-state index is 0.267. The largest absolute Gasteiger partial charge is 0.451 e. The van der Waals surface area contributed by atoms with E-state index in [1.165, 1.54) is 0 Å². The van der Waals surface area contributed by atoms with Gasteiger partial charge in [-0.25, -0.2) is 4.98 Å². The Kier molecular flexibility index (Phi) is 4.58. The minimum atomic E-state index is -0.377. The lowest BCUT2D eigenvalue weighted by Crippen LogP contribution is -2.31. The van der Waals surface area contributed by atoms with Crippen LogP contribution in [0.25, 0.3) is 11.0 Å². The van der Waals surface area contributed by atoms with Gasteiger partial charge in [0.25, 0.3) is 5.91 Å². The molecule has 0 spiro atoms. The van der Waals surface area contributed by atoms with E-state index in [4.69, 9.17) is 4.42 Å². The standard InChI is InChI=1S/C21H18BrN3O2/c1-13-16-12-15(22)8-9-17(16)27-19(13)21(26)24-18(14-6-4-3-5-7-14)20-23-10-11-25(20)2/h3-12,18H,1-2H3,(H,24,26)/t18-/m1/s1. The zero-order valence-electron chi connectivity index (χ0n) is 14.9. The van der Waals surface area contributed by atoms with Crippen molar-refractivity contribution in [1.29, 1.82) is 0 Å². The van der Waals surface area contributed by atoms with Crippen LogP contribution in [0.2, 0.25) is 0 Å². The molecule has 1 atom stereocenters. The number of nitrogens with zero attached hydrogens (tertiary/aromatic N) is 2. The molecule has 1 N–H and O–H groups in total. The summed E-state index contributed by atoms with van der Waals surface area (Å²) >= 11 is 3.46. The van der Waals surface area contributed by atoms with E-state index in [1.807, 2.05) is 73.3 Å². The molecule has 0 saturated heterocycles. The van der Waals surface area contributed by atoms with Gasteiger partial charge in [-0.05, 0) is 30.7 Å². The van der Waals surface area contributed by atoms with Gasteiger partial charge >= 0.3 is 0 Å². The van der Waals surface area contributed by atoms with E-state index in [9.17, 15) is 4.79 Å². The number of hydrogen-bond donors (Lipinski definition) is 1. The molecule has 1 amide bonds. The highest BCUT2D eigenvalue weighted by Gasteiger charge is 2.25. The fourth-order valence-electron chi connectivity index (χ4n) is 3.20. The second-order valence-electron chi connectivity index (χ2n) is 6.41. The van der Waals surface area contributed by atoms with Gasteiger partial charge < -0.3 is 14.3 Å². The summed E-state index contributed by atoms with van der Waals surface area (Å²) in [5.41, 5.74) is 2.46. The Labute approximate surface area is 165 Å². The van der Waals surface area contributed by atoms with E-state index in [0.717, 1.165) is 26.8 Å². The number of halogens is 1. The Morgan fingerprint density at radius 3 is 2.70 bits per heavy atom. The van der Waals surface area contributed by atoms with Gasteiger partial charge in [-0.1, -0.05) is 46.3 Å². The van der Waals surface area contributed by atoms with Crippen LogP contribution in [0.1, 0.15) is 33.5 Å². The van der Waals surface area contributed by atoms with Crippen molar-refractivity contribution in [1.82, 2.24) is 14.9 Å². The quantitative estimate of drug-likeness (QED) is 0.514. The van der Waals surface area contributed by atoms with Gasteiger partial charge in [0.2, 0.25) is 0 Å². The number of aryl methyl sites for hydroxylation is 2. The Bertz CT molecular complexity index is 1120. The van der Waals surface area contributed by atoms with E-state index >= 15 is 0 Å². The zero-order chi connectivity index (χ0) is 19.0. The third kappa shape index (κ3) is 3.28. The number of carbonyl (C=O) groups is 1. The summed E-state index contributed by atoms with van der Waals surface area (Å²) in [5.74, 6) is 0.806. The highest BCUT2D eigenvalue weighted by Crippen LogP contribution is 2.29. The van der Waals surface area contributed by atoms with Crippen molar-refractivity contribution in [3.63, 3.8) is 0 Å². The maximum atomic E-state index is 13.1. The summed E-state index contributed by atoms with van der Waals surface area (Å²) in [7, 11) is 1.91. The van der Waals surface area contributed by atoms with Gasteiger partial charge in [-0.3, -0.25) is 4.79 Å². The summed E-state index contributed by atoms with van der Waals surface area (Å²) in [4.78, 5) is 17.5. The predicted molar refractivity (Wildman–Crippen MR) is 108 cm³/mol. The summed E-state index contributed by atoms with van der Waals surface area (Å²) in [6, 6.07) is 15.1. The summed E-state index contributed by atoms with van der Waals surface area (Å²) in [6.45, 7) is 1.89. The molecular weight excluding hydrogens is 406 g/mol. The Morgan fingerprint density at radius 2 is 2.00 bits per heavy atom. The van der Waals surface area contributed by atoms with Crippen molar-refractivity contribution < 1.29 is 9.21 Å². The number of fused-ring (bicyclic) bond motifs is 1. The number of aromatic nitrogens is 2. The number of carbonyl (C=O) groups excluding carboxylic acids is 1. The molecule has 4 rings (SSSR count). The molecule has 0 radical (unpaired) electrons. The van der Waals surface area contributed by atoms with Gasteiger partial charge in [-0.15, -0.1) is 0 Å². The van der Waals surface area contributed by atoms with Crippen LogP contribution in [0.3, 0.4) is 0 Å². The number of imidazole rings is 1. The first-order valence-electron chi connectivity index (χ1n) is 8.56. The van der Waals surface area contributed by atoms with Crippen LogP contribution in [-0.4, -0.2) is 15.5 Å². The molecule has 0 aliphatic carbocycles. The lowest BCUT2D eigenvalue weighted by molar-refractivity contribution is 0.0914. The first-order chi connectivity index (χ1) is 13.0. The second kappa shape index (κ2) is 7.04. The molecule has 0 fully saturated rings. The van der Waals surface area contributed by atoms with Gasteiger partial charge in [0.15, 0.2) is 5.76 Å². The normalized spacial score (nSPS) is 12.3. The molecule has 136 valence electrons. The average Bonchev–Trinajstić information content (AvgIpc) is 3.24. The SMILES string of the molecule is Cc1c(C(=O)N[C@H](c2ccccc2)c2nccn2C)oc2ccc(Br)cc12. The van der Waals surface area contributed by atoms with Crippen LogP contribution >= 0.6 is 15.9 Å². The van der Waals surface area contributed by atoms with Gasteiger partial charge in [0.05, 0.1) is 0 Å². The number of nitrogens with one attached hydrogen (secondary N) is 1. The molecule has 2 aromatic carbocycles. The van der Waals surface area contributed by atoms with Crippen molar-refractivity contribution in [2.45, 2.75) is 13.0 Å². The lowest BCUT2D eigenvalue weighted by Gasteiger charge is -2.18. The van der Waals surface area contributed by atoms with Gasteiger partial charge in [-0.2, -0.15) is 0 Å². The first-order valence-corrected chi connectivity index (χ1v) is 9.35. The zero-order valence-corrected chi connectivity index (χ0v) is 16.5. The van der Waals surface area contributed by atoms with Crippen LogP contribution < -0.4 is 5.32 Å². The number of furan rings is 1. The number of amides is 1. The van der Waals surface area contributed by atoms with Crippen LogP contribution in [-0.2, 0) is 7.05 Å². The van der Waals surface area contributed by atoms with Gasteiger partial charge in [0.1, 0.15) is 17.4 Å². The molecule has 27 heavy (non-hydrogen) atoms. The summed E-state index contributed by atoms with van der Waals surface area (Å²) in [6.07, 6.45) is 3.59. The van der Waals surface area contributed by atoms with Crippen molar-refractivity contribution in [3.05, 3.63) is 88.1 Å². The Hall–Kier alpha value is -2.86. The molecule has 2 aromatic heterocycles. The van der Waals surface area contributed by atoms with Crippen molar-refractivity contribution in [2.75, 3.05) is 0 Å². The molecular formula is C21H18BrN3O2. The van der Waals surface area contributed by atoms with Crippen LogP contribution in [0, 0.1) is 6.92 Å². The Balaban J connectivity index is 1.73. The average molecular weight is 424 g/mol. The first kappa shape index (κ1) is 17.5. The fourth-order valence-corrected chi connectivity index (χ4v) is 3.57. The van der Waals surface area contributed by atoms with E-state index in [-0.39, 0.29) is 11.9 Å². The minimum Gasteiger partial charge on any atom is -0.451 e. The van der Waals surface area contributed by atoms with Crippen molar-refractivity contribution in [3.8, 4) is 0 Å². The third-order valence-electron chi connectivity index (χ3n) is 4.63. The molecule has 0 unspecified atom stereocenters. The fraction of sp³-hybridized carbons (Fsp3) is 0.143. The smallest absolute Gasteiger partial charge is 0.288 e. The number of benzene rings is 2. The van der Waals surface area contributed by atoms with Crippen LogP contribution in [0.15, 0.2) is 69.8 Å². The highest BCUT2D eigenvalue weighted by atomic mass is 79.9. The van der Waals surface area contributed by atoms with E-state index < -0.39 is 0 Å². The highest BCUT2D eigenvalue weighted by molar-refractivity contribution is 9.10. The van der Waals surface area contributed by atoms with E-state index in [0.29, 0.717) is 11.3 Å². The molecule has 0 aliphatic rings. The molecule has 0 aliphatic heterocycles. The predicted octanol–water partition coefficient (Wildman–Crippen LogP) is 4.76. The maximum Gasteiger partial charge on any atom is 0.288 e.